The molecule has 2 saturated carbocycles. The van der Waals surface area contributed by atoms with Crippen LogP contribution in [0, 0.1) is 0 Å². The minimum absolute atomic E-state index is 0.276. The van der Waals surface area contributed by atoms with Gasteiger partial charge in [0, 0.05) is 0 Å². The molecule has 4 rings (SSSR count). The van der Waals surface area contributed by atoms with Gasteiger partial charge in [-0.15, -0.1) is 0 Å². The lowest BCUT2D eigenvalue weighted by atomic mass is 9.49. The Kier molecular flexibility index (Phi) is 3.15. The maximum absolute atomic E-state index is 5.98. The Hall–Kier alpha value is -0.0301. The molecule has 0 aromatic carbocycles. The molecule has 2 heterocycles. The van der Waals surface area contributed by atoms with Crippen LogP contribution in [0.1, 0.15) is 51.4 Å². The van der Waals surface area contributed by atoms with Gasteiger partial charge in [0.05, 0.1) is 24.4 Å². The summed E-state index contributed by atoms with van der Waals surface area (Å²) in [6, 6.07) is 0. The van der Waals surface area contributed by atoms with E-state index in [0.717, 1.165) is 25.7 Å². The first-order valence-electron chi connectivity index (χ1n) is 7.52. The zero-order valence-corrected chi connectivity index (χ0v) is 10.8. The second-order valence-electron chi connectivity index (χ2n) is 6.00. The lowest BCUT2D eigenvalue weighted by Gasteiger charge is -2.22. The predicted molar refractivity (Wildman–Crippen MR) is 67.9 cm³/mol. The molecule has 98 valence electrons. The van der Waals surface area contributed by atoms with E-state index >= 15 is 0 Å². The summed E-state index contributed by atoms with van der Waals surface area (Å²) in [5, 5.41) is 0. The van der Waals surface area contributed by atoms with Crippen LogP contribution in [0.15, 0.2) is 0 Å². The summed E-state index contributed by atoms with van der Waals surface area (Å²) >= 11 is 0. The average molecular weight is 250 g/mol. The molecular formula is C12H20B2O4. The van der Waals surface area contributed by atoms with Crippen LogP contribution in [0.5, 0.6) is 0 Å². The predicted octanol–water partition coefficient (Wildman–Crippen LogP) is 1.76. The van der Waals surface area contributed by atoms with E-state index < -0.39 is 0 Å². The summed E-state index contributed by atoms with van der Waals surface area (Å²) in [5.74, 6) is 0. The molecule has 0 amide bonds. The van der Waals surface area contributed by atoms with Crippen LogP contribution < -0.4 is 0 Å². The second-order valence-corrected chi connectivity index (χ2v) is 6.00. The molecule has 0 N–H and O–H groups in total. The van der Waals surface area contributed by atoms with Crippen LogP contribution in [-0.2, 0) is 18.6 Å². The molecule has 6 heteroatoms. The summed E-state index contributed by atoms with van der Waals surface area (Å²) in [4.78, 5) is 0. The van der Waals surface area contributed by atoms with Gasteiger partial charge in [-0.2, -0.15) is 0 Å². The van der Waals surface area contributed by atoms with E-state index in [0.29, 0.717) is 0 Å². The van der Waals surface area contributed by atoms with Crippen molar-refractivity contribution in [1.29, 1.82) is 0 Å². The van der Waals surface area contributed by atoms with Gasteiger partial charge in [-0.3, -0.25) is 0 Å². The monoisotopic (exact) mass is 250 g/mol. The SMILES string of the molecule is C1CCC2OB(B3OC4CCCCC4O3)OC2C1. The molecule has 0 radical (unpaired) electrons. The first-order valence-corrected chi connectivity index (χ1v) is 7.52. The third-order valence-corrected chi connectivity index (χ3v) is 4.74. The third-order valence-electron chi connectivity index (χ3n) is 4.74. The van der Waals surface area contributed by atoms with Crippen molar-refractivity contribution in [3.05, 3.63) is 0 Å². The Bertz CT molecular complexity index is 258. The molecule has 0 aromatic heterocycles. The number of fused-ring (bicyclic) bond motifs is 2. The summed E-state index contributed by atoms with van der Waals surface area (Å²) in [5.41, 5.74) is 0. The lowest BCUT2D eigenvalue weighted by Crippen LogP contribution is -2.40. The van der Waals surface area contributed by atoms with E-state index in [4.69, 9.17) is 18.6 Å². The van der Waals surface area contributed by atoms with E-state index in [1.165, 1.54) is 25.7 Å². The van der Waals surface area contributed by atoms with Crippen molar-refractivity contribution < 1.29 is 18.6 Å². The van der Waals surface area contributed by atoms with Crippen molar-refractivity contribution in [3.63, 3.8) is 0 Å². The minimum Gasteiger partial charge on any atom is -0.408 e. The quantitative estimate of drug-likeness (QED) is 0.664. The fraction of sp³-hybridized carbons (Fsp3) is 1.00. The topological polar surface area (TPSA) is 36.9 Å². The summed E-state index contributed by atoms with van der Waals surface area (Å²) < 4.78 is 23.9. The van der Waals surface area contributed by atoms with Gasteiger partial charge in [-0.25, -0.2) is 0 Å². The van der Waals surface area contributed by atoms with Crippen molar-refractivity contribution in [2.75, 3.05) is 0 Å². The number of rotatable bonds is 1. The highest BCUT2D eigenvalue weighted by Crippen LogP contribution is 2.35. The van der Waals surface area contributed by atoms with Crippen LogP contribution in [0.4, 0.5) is 0 Å². The second kappa shape index (κ2) is 4.82. The van der Waals surface area contributed by atoms with Crippen molar-refractivity contribution >= 4 is 14.0 Å². The minimum atomic E-state index is -0.288. The van der Waals surface area contributed by atoms with Gasteiger partial charge in [-0.05, 0) is 25.7 Å². The smallest absolute Gasteiger partial charge is 0.408 e. The van der Waals surface area contributed by atoms with Crippen LogP contribution in [0.3, 0.4) is 0 Å². The Morgan fingerprint density at radius 2 is 0.778 bits per heavy atom. The zero-order chi connectivity index (χ0) is 11.9. The fourth-order valence-corrected chi connectivity index (χ4v) is 3.76. The van der Waals surface area contributed by atoms with E-state index in [1.54, 1.807) is 0 Å². The van der Waals surface area contributed by atoms with E-state index in [-0.39, 0.29) is 38.4 Å². The maximum Gasteiger partial charge on any atom is 0.488 e. The van der Waals surface area contributed by atoms with Crippen molar-refractivity contribution in [1.82, 2.24) is 0 Å². The Morgan fingerprint density at radius 1 is 0.500 bits per heavy atom. The van der Waals surface area contributed by atoms with Crippen molar-refractivity contribution in [3.8, 4) is 0 Å². The van der Waals surface area contributed by atoms with Gasteiger partial charge in [0.25, 0.3) is 0 Å². The van der Waals surface area contributed by atoms with Gasteiger partial charge < -0.3 is 18.6 Å². The van der Waals surface area contributed by atoms with Crippen LogP contribution in [0.2, 0.25) is 0 Å². The lowest BCUT2D eigenvalue weighted by molar-refractivity contribution is 0.110. The van der Waals surface area contributed by atoms with Gasteiger partial charge in [-0.1, -0.05) is 25.7 Å². The normalized spacial score (nSPS) is 44.0. The average Bonchev–Trinajstić information content (AvgIpc) is 3.02. The van der Waals surface area contributed by atoms with E-state index in [9.17, 15) is 0 Å². The van der Waals surface area contributed by atoms with Crippen LogP contribution >= 0.6 is 0 Å². The number of hydrogen-bond acceptors (Lipinski definition) is 4. The molecule has 18 heavy (non-hydrogen) atoms. The van der Waals surface area contributed by atoms with Gasteiger partial charge in [0.15, 0.2) is 0 Å². The Morgan fingerprint density at radius 3 is 1.06 bits per heavy atom. The molecule has 4 unspecified atom stereocenters. The molecule has 2 aliphatic heterocycles. The molecule has 4 atom stereocenters. The Balaban J connectivity index is 1.40. The highest BCUT2D eigenvalue weighted by Gasteiger charge is 2.55. The Labute approximate surface area is 109 Å². The standard InChI is InChI=1S/C12H20B2O4/c1-2-6-10-9(5-1)15-13(16-10)14-17-11-7-3-4-8-12(11)18-14/h9-12H,1-8H2. The largest absolute Gasteiger partial charge is 0.488 e. The molecular weight excluding hydrogens is 230 g/mol. The van der Waals surface area contributed by atoms with Gasteiger partial charge in [0.2, 0.25) is 0 Å². The molecule has 2 aliphatic carbocycles. The number of hydrogen-bond donors (Lipinski definition) is 0. The molecule has 0 spiro atoms. The first kappa shape index (κ1) is 11.8. The van der Waals surface area contributed by atoms with E-state index in [1.807, 2.05) is 0 Å². The summed E-state index contributed by atoms with van der Waals surface area (Å²) in [7, 11) is -0.576. The van der Waals surface area contributed by atoms with Crippen molar-refractivity contribution in [2.24, 2.45) is 0 Å². The molecule has 4 fully saturated rings. The van der Waals surface area contributed by atoms with Crippen LogP contribution in [0.25, 0.3) is 0 Å². The summed E-state index contributed by atoms with van der Waals surface area (Å²) in [6.07, 6.45) is 10.6. The molecule has 0 aromatic rings. The highest BCUT2D eigenvalue weighted by molar-refractivity contribution is 7.11. The highest BCUT2D eigenvalue weighted by atomic mass is 16.7. The van der Waals surface area contributed by atoms with Gasteiger partial charge >= 0.3 is 14.0 Å². The summed E-state index contributed by atoms with van der Waals surface area (Å²) in [6.45, 7) is 0. The fourth-order valence-electron chi connectivity index (χ4n) is 3.76. The molecule has 2 saturated heterocycles. The van der Waals surface area contributed by atoms with Crippen molar-refractivity contribution in [2.45, 2.75) is 75.8 Å². The molecule has 4 nitrogen and oxygen atoms in total. The van der Waals surface area contributed by atoms with E-state index in [2.05, 4.69) is 0 Å². The maximum atomic E-state index is 5.98. The van der Waals surface area contributed by atoms with Gasteiger partial charge in [0.1, 0.15) is 0 Å². The molecule has 0 bridgehead atoms. The third kappa shape index (κ3) is 2.03. The molecule has 4 aliphatic rings. The zero-order valence-electron chi connectivity index (χ0n) is 10.8. The van der Waals surface area contributed by atoms with Crippen LogP contribution in [-0.4, -0.2) is 38.4 Å². The first-order chi connectivity index (χ1) is 8.90.